The average Bonchev–Trinajstić information content (AvgIpc) is 2.36. The molecule has 1 aromatic carbocycles. The predicted molar refractivity (Wildman–Crippen MR) is 82.2 cm³/mol. The SMILES string of the molecule is CCOc1ccccc1C(C)(O)C(C)C(=O)OC(C)(C)C. The van der Waals surface area contributed by atoms with Crippen molar-refractivity contribution in [1.82, 2.24) is 0 Å². The van der Waals surface area contributed by atoms with Crippen molar-refractivity contribution in [2.45, 2.75) is 52.7 Å². The molecule has 0 fully saturated rings. The molecule has 21 heavy (non-hydrogen) atoms. The van der Waals surface area contributed by atoms with E-state index >= 15 is 0 Å². The van der Waals surface area contributed by atoms with Crippen LogP contribution in [0.1, 0.15) is 47.1 Å². The predicted octanol–water partition coefficient (Wildman–Crippen LogP) is 3.27. The number of esters is 1. The first kappa shape index (κ1) is 17.5. The van der Waals surface area contributed by atoms with Crippen molar-refractivity contribution in [3.05, 3.63) is 29.8 Å². The molecule has 1 aromatic rings. The van der Waals surface area contributed by atoms with Gasteiger partial charge >= 0.3 is 5.97 Å². The van der Waals surface area contributed by atoms with Crippen molar-refractivity contribution < 1.29 is 19.4 Å². The number of aliphatic hydroxyl groups is 1. The Morgan fingerprint density at radius 2 is 1.81 bits per heavy atom. The quantitative estimate of drug-likeness (QED) is 0.847. The van der Waals surface area contributed by atoms with Crippen LogP contribution in [0.2, 0.25) is 0 Å². The maximum absolute atomic E-state index is 12.2. The summed E-state index contributed by atoms with van der Waals surface area (Å²) in [6.45, 7) is 11.1. The molecule has 0 aliphatic heterocycles. The van der Waals surface area contributed by atoms with Crippen LogP contribution in [-0.4, -0.2) is 23.3 Å². The van der Waals surface area contributed by atoms with Gasteiger partial charge in [-0.15, -0.1) is 0 Å². The lowest BCUT2D eigenvalue weighted by atomic mass is 9.83. The molecule has 0 saturated carbocycles. The van der Waals surface area contributed by atoms with Crippen LogP contribution in [0.5, 0.6) is 5.75 Å². The number of hydrogen-bond acceptors (Lipinski definition) is 4. The Hall–Kier alpha value is -1.55. The van der Waals surface area contributed by atoms with Gasteiger partial charge in [0.2, 0.25) is 0 Å². The Morgan fingerprint density at radius 1 is 1.24 bits per heavy atom. The molecule has 118 valence electrons. The standard InChI is InChI=1S/C17H26O4/c1-7-20-14-11-9-8-10-13(14)17(6,19)12(2)15(18)21-16(3,4)5/h8-12,19H,7H2,1-6H3. The number of hydrogen-bond donors (Lipinski definition) is 1. The highest BCUT2D eigenvalue weighted by Gasteiger charge is 2.39. The smallest absolute Gasteiger partial charge is 0.312 e. The molecule has 0 bridgehead atoms. The lowest BCUT2D eigenvalue weighted by Crippen LogP contribution is -2.39. The largest absolute Gasteiger partial charge is 0.493 e. The zero-order valence-electron chi connectivity index (χ0n) is 13.8. The molecule has 4 heteroatoms. The molecule has 2 unspecified atom stereocenters. The highest BCUT2D eigenvalue weighted by Crippen LogP contribution is 2.36. The maximum Gasteiger partial charge on any atom is 0.312 e. The van der Waals surface area contributed by atoms with Gasteiger partial charge in [-0.1, -0.05) is 18.2 Å². The summed E-state index contributed by atoms with van der Waals surface area (Å²) < 4.78 is 10.9. The number of carbonyl (C=O) groups excluding carboxylic acids is 1. The van der Waals surface area contributed by atoms with Gasteiger partial charge in [0.25, 0.3) is 0 Å². The van der Waals surface area contributed by atoms with Crippen molar-refractivity contribution in [3.8, 4) is 5.75 Å². The minimum atomic E-state index is -1.37. The summed E-state index contributed by atoms with van der Waals surface area (Å²) in [6, 6.07) is 7.21. The minimum absolute atomic E-state index is 0.432. The molecular weight excluding hydrogens is 268 g/mol. The molecule has 0 aliphatic carbocycles. The number of para-hydroxylation sites is 1. The second kappa shape index (κ2) is 6.48. The third-order valence-corrected chi connectivity index (χ3v) is 3.34. The Labute approximate surface area is 127 Å². The molecule has 0 heterocycles. The Bertz CT molecular complexity index is 486. The van der Waals surface area contributed by atoms with Gasteiger partial charge < -0.3 is 14.6 Å². The summed E-state index contributed by atoms with van der Waals surface area (Å²) in [7, 11) is 0. The second-order valence-electron chi connectivity index (χ2n) is 6.33. The molecule has 0 amide bonds. The summed E-state index contributed by atoms with van der Waals surface area (Å²) in [5.74, 6) is -0.558. The van der Waals surface area contributed by atoms with Crippen molar-refractivity contribution in [2.75, 3.05) is 6.61 Å². The number of ether oxygens (including phenoxy) is 2. The lowest BCUT2D eigenvalue weighted by molar-refractivity contribution is -0.168. The summed E-state index contributed by atoms with van der Waals surface area (Å²) in [6.07, 6.45) is 0. The van der Waals surface area contributed by atoms with Gasteiger partial charge in [-0.2, -0.15) is 0 Å². The van der Waals surface area contributed by atoms with Crippen molar-refractivity contribution in [2.24, 2.45) is 5.92 Å². The third-order valence-electron chi connectivity index (χ3n) is 3.34. The van der Waals surface area contributed by atoms with Crippen molar-refractivity contribution in [1.29, 1.82) is 0 Å². The van der Waals surface area contributed by atoms with E-state index in [4.69, 9.17) is 9.47 Å². The van der Waals surface area contributed by atoms with Gasteiger partial charge in [0, 0.05) is 5.56 Å². The van der Waals surface area contributed by atoms with Crippen LogP contribution in [0, 0.1) is 5.92 Å². The zero-order chi connectivity index (χ0) is 16.3. The number of benzene rings is 1. The third kappa shape index (κ3) is 4.46. The molecule has 0 radical (unpaired) electrons. The number of carbonyl (C=O) groups is 1. The molecule has 0 aliphatic rings. The highest BCUT2D eigenvalue weighted by atomic mass is 16.6. The molecular formula is C17H26O4. The second-order valence-corrected chi connectivity index (χ2v) is 6.33. The Kier molecular flexibility index (Phi) is 5.40. The molecule has 2 atom stereocenters. The first-order valence-corrected chi connectivity index (χ1v) is 7.27. The summed E-state index contributed by atoms with van der Waals surface area (Å²) in [4.78, 5) is 12.2. The molecule has 1 N–H and O–H groups in total. The van der Waals surface area contributed by atoms with Crippen molar-refractivity contribution in [3.63, 3.8) is 0 Å². The summed E-state index contributed by atoms with van der Waals surface area (Å²) in [5, 5.41) is 10.8. The highest BCUT2D eigenvalue weighted by molar-refractivity contribution is 5.74. The summed E-state index contributed by atoms with van der Waals surface area (Å²) >= 11 is 0. The van der Waals surface area contributed by atoms with E-state index in [-0.39, 0.29) is 0 Å². The first-order chi connectivity index (χ1) is 9.59. The fourth-order valence-electron chi connectivity index (χ4n) is 2.02. The van der Waals surface area contributed by atoms with E-state index in [0.29, 0.717) is 17.9 Å². The average molecular weight is 294 g/mol. The van der Waals surface area contributed by atoms with E-state index in [1.54, 1.807) is 46.8 Å². The van der Waals surface area contributed by atoms with Gasteiger partial charge in [-0.3, -0.25) is 4.79 Å². The minimum Gasteiger partial charge on any atom is -0.493 e. The van der Waals surface area contributed by atoms with Crippen LogP contribution in [0.4, 0.5) is 0 Å². The van der Waals surface area contributed by atoms with Gasteiger partial charge in [0.05, 0.1) is 12.5 Å². The van der Waals surface area contributed by atoms with Crippen LogP contribution in [0.25, 0.3) is 0 Å². The van der Waals surface area contributed by atoms with Crippen LogP contribution in [0.3, 0.4) is 0 Å². The molecule has 0 aromatic heterocycles. The summed E-state index contributed by atoms with van der Waals surface area (Å²) in [5.41, 5.74) is -1.36. The number of rotatable bonds is 5. The van der Waals surface area contributed by atoms with Crippen LogP contribution in [0.15, 0.2) is 24.3 Å². The van der Waals surface area contributed by atoms with Gasteiger partial charge in [-0.05, 0) is 47.6 Å². The van der Waals surface area contributed by atoms with E-state index in [0.717, 1.165) is 0 Å². The fraction of sp³-hybridized carbons (Fsp3) is 0.588. The fourth-order valence-corrected chi connectivity index (χ4v) is 2.02. The van der Waals surface area contributed by atoms with Gasteiger partial charge in [0.1, 0.15) is 17.0 Å². The molecule has 0 spiro atoms. The van der Waals surface area contributed by atoms with Gasteiger partial charge in [0.15, 0.2) is 0 Å². The van der Waals surface area contributed by atoms with Crippen LogP contribution < -0.4 is 4.74 Å². The van der Waals surface area contributed by atoms with E-state index in [1.807, 2.05) is 19.1 Å². The van der Waals surface area contributed by atoms with E-state index in [2.05, 4.69) is 0 Å². The maximum atomic E-state index is 12.2. The lowest BCUT2D eigenvalue weighted by Gasteiger charge is -2.32. The first-order valence-electron chi connectivity index (χ1n) is 7.27. The molecule has 1 rings (SSSR count). The van der Waals surface area contributed by atoms with E-state index in [1.165, 1.54) is 0 Å². The van der Waals surface area contributed by atoms with Crippen molar-refractivity contribution >= 4 is 5.97 Å². The van der Waals surface area contributed by atoms with Crippen LogP contribution in [-0.2, 0) is 15.1 Å². The normalized spacial score (nSPS) is 16.0. The Morgan fingerprint density at radius 3 is 2.33 bits per heavy atom. The molecule has 4 nitrogen and oxygen atoms in total. The topological polar surface area (TPSA) is 55.8 Å². The van der Waals surface area contributed by atoms with Crippen LogP contribution >= 0.6 is 0 Å². The van der Waals surface area contributed by atoms with E-state index in [9.17, 15) is 9.90 Å². The zero-order valence-corrected chi connectivity index (χ0v) is 13.8. The van der Waals surface area contributed by atoms with Gasteiger partial charge in [-0.25, -0.2) is 0 Å². The molecule has 0 saturated heterocycles. The Balaban J connectivity index is 3.07. The monoisotopic (exact) mass is 294 g/mol. The van der Waals surface area contributed by atoms with E-state index < -0.39 is 23.1 Å².